The Morgan fingerprint density at radius 1 is 1.47 bits per heavy atom. The van der Waals surface area contributed by atoms with Crippen molar-refractivity contribution in [1.29, 1.82) is 5.41 Å². The van der Waals surface area contributed by atoms with Crippen molar-refractivity contribution in [3.63, 3.8) is 0 Å². The number of aliphatic carboxylic acids is 1. The van der Waals surface area contributed by atoms with Crippen LogP contribution in [0.2, 0.25) is 0 Å². The molecule has 0 aromatic carbocycles. The number of esters is 1. The molecule has 6 nitrogen and oxygen atoms in total. The monoisotopic (exact) mass is 239 g/mol. The normalized spacial score (nSPS) is 11.0. The molecule has 0 aliphatic carbocycles. The molecule has 0 spiro atoms. The highest BCUT2D eigenvalue weighted by molar-refractivity contribution is 5.91. The number of nitrogens with one attached hydrogen (secondary N) is 1. The molecule has 0 aromatic heterocycles. The number of rotatable bonds is 7. The topological polar surface area (TPSA) is 96.7 Å². The van der Waals surface area contributed by atoms with Gasteiger partial charge >= 0.3 is 11.9 Å². The molecule has 0 unspecified atom stereocenters. The number of carbonyl (C=O) groups is 2. The SMILES string of the molecule is C=C(CO/C=C(\C=C/C=N)C(=O)O)C(=O)OC. The summed E-state index contributed by atoms with van der Waals surface area (Å²) in [5.41, 5.74) is -0.0734. The van der Waals surface area contributed by atoms with Crippen molar-refractivity contribution in [1.82, 2.24) is 0 Å². The van der Waals surface area contributed by atoms with Gasteiger partial charge in [-0.1, -0.05) is 6.58 Å². The van der Waals surface area contributed by atoms with Crippen molar-refractivity contribution in [3.05, 3.63) is 36.1 Å². The van der Waals surface area contributed by atoms with Crippen LogP contribution in [-0.2, 0) is 19.1 Å². The zero-order valence-electron chi connectivity index (χ0n) is 9.30. The average molecular weight is 239 g/mol. The first-order valence-electron chi connectivity index (χ1n) is 4.51. The van der Waals surface area contributed by atoms with Crippen molar-refractivity contribution in [2.24, 2.45) is 0 Å². The first-order chi connectivity index (χ1) is 8.02. The van der Waals surface area contributed by atoms with Crippen LogP contribution in [0, 0.1) is 5.41 Å². The highest BCUT2D eigenvalue weighted by atomic mass is 16.5. The van der Waals surface area contributed by atoms with E-state index in [2.05, 4.69) is 11.3 Å². The lowest BCUT2D eigenvalue weighted by atomic mass is 10.3. The van der Waals surface area contributed by atoms with Crippen LogP contribution in [0.1, 0.15) is 0 Å². The molecule has 0 bridgehead atoms. The van der Waals surface area contributed by atoms with Crippen molar-refractivity contribution in [2.45, 2.75) is 0 Å². The van der Waals surface area contributed by atoms with E-state index in [1.54, 1.807) is 0 Å². The van der Waals surface area contributed by atoms with Crippen LogP contribution < -0.4 is 0 Å². The summed E-state index contributed by atoms with van der Waals surface area (Å²) in [6, 6.07) is 0. The minimum Gasteiger partial charge on any atom is -0.495 e. The maximum atomic E-state index is 10.9. The molecule has 17 heavy (non-hydrogen) atoms. The number of hydrogen-bond donors (Lipinski definition) is 2. The van der Waals surface area contributed by atoms with Crippen molar-refractivity contribution < 1.29 is 24.2 Å². The minimum atomic E-state index is -1.20. The lowest BCUT2D eigenvalue weighted by molar-refractivity contribution is -0.136. The average Bonchev–Trinajstić information content (AvgIpc) is 2.31. The number of allylic oxidation sites excluding steroid dienone is 1. The number of carbonyl (C=O) groups excluding carboxylic acids is 1. The maximum Gasteiger partial charge on any atom is 0.338 e. The van der Waals surface area contributed by atoms with Crippen LogP contribution in [0.25, 0.3) is 0 Å². The predicted molar refractivity (Wildman–Crippen MR) is 60.8 cm³/mol. The second-order valence-electron chi connectivity index (χ2n) is 2.81. The van der Waals surface area contributed by atoms with Gasteiger partial charge < -0.3 is 20.0 Å². The third kappa shape index (κ3) is 5.93. The zero-order valence-corrected chi connectivity index (χ0v) is 9.30. The van der Waals surface area contributed by atoms with Gasteiger partial charge in [-0.05, 0) is 12.2 Å². The Kier molecular flexibility index (Phi) is 6.77. The summed E-state index contributed by atoms with van der Waals surface area (Å²) in [6.07, 6.45) is 4.33. The van der Waals surface area contributed by atoms with Gasteiger partial charge in [-0.25, -0.2) is 9.59 Å². The van der Waals surface area contributed by atoms with Crippen molar-refractivity contribution in [2.75, 3.05) is 13.7 Å². The summed E-state index contributed by atoms with van der Waals surface area (Å²) >= 11 is 0. The molecular weight excluding hydrogens is 226 g/mol. The van der Waals surface area contributed by atoms with Crippen LogP contribution in [0.3, 0.4) is 0 Å². The Morgan fingerprint density at radius 2 is 2.12 bits per heavy atom. The zero-order chi connectivity index (χ0) is 13.3. The molecule has 0 saturated carbocycles. The van der Waals surface area contributed by atoms with E-state index in [1.807, 2.05) is 0 Å². The fourth-order valence-electron chi connectivity index (χ4n) is 0.748. The molecule has 6 heteroatoms. The van der Waals surface area contributed by atoms with E-state index < -0.39 is 11.9 Å². The fourth-order valence-corrected chi connectivity index (χ4v) is 0.748. The molecule has 0 aliphatic heterocycles. The van der Waals surface area contributed by atoms with Crippen LogP contribution in [0.5, 0.6) is 0 Å². The third-order valence-electron chi connectivity index (χ3n) is 1.56. The summed E-state index contributed by atoms with van der Waals surface area (Å²) in [4.78, 5) is 21.6. The molecule has 0 amide bonds. The Bertz CT molecular complexity index is 381. The van der Waals surface area contributed by atoms with E-state index in [-0.39, 0.29) is 17.8 Å². The number of carboxylic acids is 1. The molecule has 0 heterocycles. The lowest BCUT2D eigenvalue weighted by Crippen LogP contribution is -2.08. The summed E-state index contributed by atoms with van der Waals surface area (Å²) in [7, 11) is 1.21. The second-order valence-corrected chi connectivity index (χ2v) is 2.81. The maximum absolute atomic E-state index is 10.9. The summed E-state index contributed by atoms with van der Waals surface area (Å²) in [5.74, 6) is -1.82. The van der Waals surface area contributed by atoms with Crippen LogP contribution >= 0.6 is 0 Å². The highest BCUT2D eigenvalue weighted by Crippen LogP contribution is 2.00. The van der Waals surface area contributed by atoms with Gasteiger partial charge in [-0.15, -0.1) is 0 Å². The first kappa shape index (κ1) is 14.6. The molecule has 0 rings (SSSR count). The quantitative estimate of drug-likeness (QED) is 0.226. The predicted octanol–water partition coefficient (Wildman–Crippen LogP) is 0.906. The number of hydrogen-bond acceptors (Lipinski definition) is 5. The molecule has 92 valence electrons. The molecular formula is C11H13NO5. The van der Waals surface area contributed by atoms with Gasteiger partial charge in [-0.2, -0.15) is 0 Å². The van der Waals surface area contributed by atoms with Gasteiger partial charge in [-0.3, -0.25) is 0 Å². The van der Waals surface area contributed by atoms with E-state index >= 15 is 0 Å². The van der Waals surface area contributed by atoms with Crippen LogP contribution in [0.4, 0.5) is 0 Å². The first-order valence-corrected chi connectivity index (χ1v) is 4.51. The number of ether oxygens (including phenoxy) is 2. The number of carboxylic acid groups (broad SMARTS) is 1. The smallest absolute Gasteiger partial charge is 0.338 e. The van der Waals surface area contributed by atoms with E-state index in [0.717, 1.165) is 12.5 Å². The van der Waals surface area contributed by atoms with Gasteiger partial charge in [0.05, 0.1) is 24.5 Å². The Morgan fingerprint density at radius 3 is 2.59 bits per heavy atom. The van der Waals surface area contributed by atoms with Crippen LogP contribution in [0.15, 0.2) is 36.1 Å². The van der Waals surface area contributed by atoms with Crippen molar-refractivity contribution in [3.8, 4) is 0 Å². The third-order valence-corrected chi connectivity index (χ3v) is 1.56. The Balaban J connectivity index is 4.41. The van der Waals surface area contributed by atoms with Gasteiger partial charge in [0.2, 0.25) is 0 Å². The fraction of sp³-hybridized carbons (Fsp3) is 0.182. The Labute approximate surface area is 98.3 Å². The molecule has 0 aromatic rings. The molecule has 2 N–H and O–H groups in total. The largest absolute Gasteiger partial charge is 0.495 e. The van der Waals surface area contributed by atoms with Gasteiger partial charge in [0, 0.05) is 6.21 Å². The van der Waals surface area contributed by atoms with Crippen LogP contribution in [-0.4, -0.2) is 37.0 Å². The summed E-state index contributed by atoms with van der Waals surface area (Å²) in [5, 5.41) is 15.4. The second kappa shape index (κ2) is 7.86. The summed E-state index contributed by atoms with van der Waals surface area (Å²) in [6.45, 7) is 3.23. The van der Waals surface area contributed by atoms with E-state index in [4.69, 9.17) is 15.3 Å². The molecule has 0 fully saturated rings. The lowest BCUT2D eigenvalue weighted by Gasteiger charge is -2.03. The highest BCUT2D eigenvalue weighted by Gasteiger charge is 2.07. The molecule has 0 aliphatic rings. The Hall–Kier alpha value is -2.37. The molecule has 0 radical (unpaired) electrons. The van der Waals surface area contributed by atoms with Crippen molar-refractivity contribution >= 4 is 18.2 Å². The minimum absolute atomic E-state index is 0.0736. The van der Waals surface area contributed by atoms with Gasteiger partial charge in [0.25, 0.3) is 0 Å². The molecule has 0 atom stereocenters. The van der Waals surface area contributed by atoms with Gasteiger partial charge in [0.1, 0.15) is 6.61 Å². The molecule has 0 saturated heterocycles. The van der Waals surface area contributed by atoms with E-state index in [1.165, 1.54) is 19.3 Å². The standard InChI is InChI=1S/C11H13NO5/c1-8(11(15)16-2)6-17-7-9(10(13)14)4-3-5-12/h3-5,7,12H,1,6H2,2H3,(H,13,14)/b4-3-,9-7+,12-5?. The number of methoxy groups -OCH3 is 1. The van der Waals surface area contributed by atoms with E-state index in [0.29, 0.717) is 0 Å². The van der Waals surface area contributed by atoms with E-state index in [9.17, 15) is 9.59 Å². The summed E-state index contributed by atoms with van der Waals surface area (Å²) < 4.78 is 9.25. The van der Waals surface area contributed by atoms with Gasteiger partial charge in [0.15, 0.2) is 0 Å².